The topological polar surface area (TPSA) is 59.8 Å². The molecule has 0 saturated heterocycles. The van der Waals surface area contributed by atoms with Gasteiger partial charge >= 0.3 is 0 Å². The first-order valence-electron chi connectivity index (χ1n) is 5.64. The molecule has 18 heavy (non-hydrogen) atoms. The molecule has 0 aliphatic heterocycles. The third kappa shape index (κ3) is 3.52. The van der Waals surface area contributed by atoms with Crippen LogP contribution in [0.2, 0.25) is 0 Å². The summed E-state index contributed by atoms with van der Waals surface area (Å²) in [5.74, 6) is -0.0291. The molecule has 94 valence electrons. The van der Waals surface area contributed by atoms with Crippen LogP contribution in [0.1, 0.15) is 16.8 Å². The largest absolute Gasteiger partial charge is 0.352 e. The fourth-order valence-electron chi connectivity index (χ4n) is 1.54. The first-order chi connectivity index (χ1) is 8.77. The van der Waals surface area contributed by atoms with Crippen molar-refractivity contribution in [3.05, 3.63) is 45.8 Å². The van der Waals surface area contributed by atoms with Gasteiger partial charge in [0.25, 0.3) is 5.91 Å². The molecule has 1 heterocycles. The first kappa shape index (κ1) is 13.0. The lowest BCUT2D eigenvalue weighted by molar-refractivity contribution is 0.0951. The molecule has 6 heteroatoms. The zero-order chi connectivity index (χ0) is 12.8. The molecule has 0 atom stereocenters. The number of nitrogens with zero attached hydrogens (tertiary/aromatic N) is 3. The van der Waals surface area contributed by atoms with Gasteiger partial charge in [0.15, 0.2) is 0 Å². The highest BCUT2D eigenvalue weighted by atomic mass is 127. The molecular weight excluding hydrogens is 343 g/mol. The van der Waals surface area contributed by atoms with Crippen LogP contribution in [0.25, 0.3) is 0 Å². The van der Waals surface area contributed by atoms with E-state index in [0.29, 0.717) is 6.54 Å². The summed E-state index contributed by atoms with van der Waals surface area (Å²) in [5, 5.41) is 10.5. The van der Waals surface area contributed by atoms with Gasteiger partial charge < -0.3 is 5.32 Å². The Morgan fingerprint density at radius 3 is 2.94 bits per heavy atom. The molecular formula is C12H13IN4O. The smallest absolute Gasteiger partial charge is 0.252 e. The Morgan fingerprint density at radius 1 is 1.39 bits per heavy atom. The Labute approximate surface area is 119 Å². The molecule has 5 nitrogen and oxygen atoms in total. The molecule has 0 bridgehead atoms. The fourth-order valence-corrected chi connectivity index (χ4v) is 2.17. The highest BCUT2D eigenvalue weighted by Gasteiger charge is 2.07. The minimum Gasteiger partial charge on any atom is -0.352 e. The fraction of sp³-hybridized carbons (Fsp3) is 0.250. The standard InChI is InChI=1S/C12H13IN4O/c13-11-5-2-1-4-10(11)12(18)14-6-3-8-17-9-7-15-16-17/h1-2,4-5,7,9H,3,6,8H2,(H,14,18). The number of aromatic nitrogens is 3. The number of amides is 1. The molecule has 0 fully saturated rings. The van der Waals surface area contributed by atoms with E-state index in [9.17, 15) is 4.79 Å². The lowest BCUT2D eigenvalue weighted by Gasteiger charge is -2.06. The van der Waals surface area contributed by atoms with Crippen molar-refractivity contribution in [2.24, 2.45) is 0 Å². The van der Waals surface area contributed by atoms with E-state index in [0.717, 1.165) is 22.1 Å². The maximum atomic E-state index is 11.9. The molecule has 1 aromatic heterocycles. The number of halogens is 1. The third-order valence-corrected chi connectivity index (χ3v) is 3.38. The Balaban J connectivity index is 1.77. The minimum absolute atomic E-state index is 0.0291. The molecule has 2 rings (SSSR count). The van der Waals surface area contributed by atoms with Crippen molar-refractivity contribution in [3.8, 4) is 0 Å². The molecule has 1 aromatic carbocycles. The summed E-state index contributed by atoms with van der Waals surface area (Å²) in [5.41, 5.74) is 0.721. The van der Waals surface area contributed by atoms with E-state index in [1.165, 1.54) is 0 Å². The van der Waals surface area contributed by atoms with Crippen molar-refractivity contribution in [1.29, 1.82) is 0 Å². The Bertz CT molecular complexity index is 513. The van der Waals surface area contributed by atoms with Gasteiger partial charge in [-0.05, 0) is 41.1 Å². The maximum absolute atomic E-state index is 11.9. The molecule has 0 radical (unpaired) electrons. The van der Waals surface area contributed by atoms with Crippen molar-refractivity contribution < 1.29 is 4.79 Å². The number of nitrogens with one attached hydrogen (secondary N) is 1. The van der Waals surface area contributed by atoms with E-state index in [-0.39, 0.29) is 5.91 Å². The van der Waals surface area contributed by atoms with Gasteiger partial charge in [0.1, 0.15) is 0 Å². The second kappa shape index (κ2) is 6.48. The number of carbonyl (C=O) groups excluding carboxylic acids is 1. The molecule has 2 aromatic rings. The van der Waals surface area contributed by atoms with Gasteiger partial charge in [-0.2, -0.15) is 0 Å². The number of hydrogen-bond donors (Lipinski definition) is 1. The van der Waals surface area contributed by atoms with E-state index in [4.69, 9.17) is 0 Å². The monoisotopic (exact) mass is 356 g/mol. The van der Waals surface area contributed by atoms with Gasteiger partial charge in [0.2, 0.25) is 0 Å². The number of aryl methyl sites for hydroxylation is 1. The minimum atomic E-state index is -0.0291. The van der Waals surface area contributed by atoms with E-state index in [2.05, 4.69) is 38.2 Å². The first-order valence-corrected chi connectivity index (χ1v) is 6.72. The summed E-state index contributed by atoms with van der Waals surface area (Å²) < 4.78 is 2.71. The number of hydrogen-bond acceptors (Lipinski definition) is 3. The highest BCUT2D eigenvalue weighted by molar-refractivity contribution is 14.1. The van der Waals surface area contributed by atoms with E-state index >= 15 is 0 Å². The molecule has 0 aliphatic rings. The van der Waals surface area contributed by atoms with Crippen molar-refractivity contribution in [2.45, 2.75) is 13.0 Å². The lowest BCUT2D eigenvalue weighted by Crippen LogP contribution is -2.26. The second-order valence-corrected chi connectivity index (χ2v) is 4.92. The third-order valence-electron chi connectivity index (χ3n) is 2.44. The van der Waals surface area contributed by atoms with Crippen LogP contribution in [-0.4, -0.2) is 27.4 Å². The van der Waals surface area contributed by atoms with E-state index in [1.807, 2.05) is 30.5 Å². The zero-order valence-electron chi connectivity index (χ0n) is 9.71. The van der Waals surface area contributed by atoms with Crippen LogP contribution in [0.4, 0.5) is 0 Å². The van der Waals surface area contributed by atoms with Crippen LogP contribution < -0.4 is 5.32 Å². The molecule has 0 spiro atoms. The average molecular weight is 356 g/mol. The van der Waals surface area contributed by atoms with Crippen LogP contribution >= 0.6 is 22.6 Å². The van der Waals surface area contributed by atoms with Crippen molar-refractivity contribution in [1.82, 2.24) is 20.3 Å². The number of rotatable bonds is 5. The quantitative estimate of drug-likeness (QED) is 0.656. The Morgan fingerprint density at radius 2 is 2.22 bits per heavy atom. The molecule has 0 unspecified atom stereocenters. The van der Waals surface area contributed by atoms with Crippen LogP contribution in [0.3, 0.4) is 0 Å². The van der Waals surface area contributed by atoms with E-state index < -0.39 is 0 Å². The van der Waals surface area contributed by atoms with Gasteiger partial charge in [0, 0.05) is 22.9 Å². The second-order valence-electron chi connectivity index (χ2n) is 3.76. The predicted molar refractivity (Wildman–Crippen MR) is 76.1 cm³/mol. The molecule has 0 aliphatic carbocycles. The van der Waals surface area contributed by atoms with Gasteiger partial charge in [-0.25, -0.2) is 0 Å². The number of benzene rings is 1. The Hall–Kier alpha value is -1.44. The van der Waals surface area contributed by atoms with Gasteiger partial charge in [0.05, 0.1) is 11.8 Å². The molecule has 1 N–H and O–H groups in total. The van der Waals surface area contributed by atoms with Gasteiger partial charge in [-0.15, -0.1) is 5.10 Å². The van der Waals surface area contributed by atoms with Crippen LogP contribution in [0.15, 0.2) is 36.7 Å². The summed E-state index contributed by atoms with van der Waals surface area (Å²) in [6.07, 6.45) is 4.28. The predicted octanol–water partition coefficient (Wildman–Crippen LogP) is 1.70. The summed E-state index contributed by atoms with van der Waals surface area (Å²) in [6.45, 7) is 1.38. The lowest BCUT2D eigenvalue weighted by atomic mass is 10.2. The highest BCUT2D eigenvalue weighted by Crippen LogP contribution is 2.10. The number of carbonyl (C=O) groups is 1. The van der Waals surface area contributed by atoms with Crippen LogP contribution in [0.5, 0.6) is 0 Å². The van der Waals surface area contributed by atoms with Crippen molar-refractivity contribution >= 4 is 28.5 Å². The normalized spacial score (nSPS) is 10.3. The average Bonchev–Trinajstić information content (AvgIpc) is 2.88. The van der Waals surface area contributed by atoms with Crippen LogP contribution in [0, 0.1) is 3.57 Å². The summed E-state index contributed by atoms with van der Waals surface area (Å²) >= 11 is 2.16. The SMILES string of the molecule is O=C(NCCCn1ccnn1)c1ccccc1I. The zero-order valence-corrected chi connectivity index (χ0v) is 11.9. The van der Waals surface area contributed by atoms with Crippen LogP contribution in [-0.2, 0) is 6.54 Å². The summed E-state index contributed by atoms with van der Waals surface area (Å²) in [4.78, 5) is 11.9. The van der Waals surface area contributed by atoms with Crippen molar-refractivity contribution in [3.63, 3.8) is 0 Å². The van der Waals surface area contributed by atoms with E-state index in [1.54, 1.807) is 10.9 Å². The molecule has 0 saturated carbocycles. The summed E-state index contributed by atoms with van der Waals surface area (Å²) in [6, 6.07) is 7.54. The summed E-state index contributed by atoms with van der Waals surface area (Å²) in [7, 11) is 0. The Kier molecular flexibility index (Phi) is 4.68. The maximum Gasteiger partial charge on any atom is 0.252 e. The van der Waals surface area contributed by atoms with Gasteiger partial charge in [-0.3, -0.25) is 9.48 Å². The van der Waals surface area contributed by atoms with Crippen molar-refractivity contribution in [2.75, 3.05) is 6.54 Å². The van der Waals surface area contributed by atoms with Gasteiger partial charge in [-0.1, -0.05) is 17.3 Å². The molecule has 1 amide bonds.